The fraction of sp³-hybridized carbons (Fsp3) is 0.462. The van der Waals surface area contributed by atoms with Gasteiger partial charge in [0.25, 0.3) is 0 Å². The van der Waals surface area contributed by atoms with Gasteiger partial charge in [0.05, 0.1) is 0 Å². The number of halogens is 1. The van der Waals surface area contributed by atoms with Crippen LogP contribution in [0.15, 0.2) is 18.3 Å². The Morgan fingerprint density at radius 3 is 3.00 bits per heavy atom. The molecule has 0 radical (unpaired) electrons. The van der Waals surface area contributed by atoms with Crippen LogP contribution in [0.4, 0.5) is 0 Å². The molecule has 19 heavy (non-hydrogen) atoms. The lowest BCUT2D eigenvalue weighted by Crippen LogP contribution is -2.24. The number of thioether (sulfide) groups is 1. The van der Waals surface area contributed by atoms with Crippen molar-refractivity contribution < 1.29 is 9.59 Å². The Bertz CT molecular complexity index is 478. The average Bonchev–Trinajstić information content (AvgIpc) is 2.71. The fourth-order valence-corrected chi connectivity index (χ4v) is 2.88. The van der Waals surface area contributed by atoms with Crippen molar-refractivity contribution in [2.45, 2.75) is 19.9 Å². The molecule has 0 bridgehead atoms. The number of carbonyl (C=O) groups excluding carboxylic acids is 2. The zero-order valence-electron chi connectivity index (χ0n) is 10.6. The number of amides is 1. The van der Waals surface area contributed by atoms with Gasteiger partial charge in [-0.05, 0) is 17.5 Å². The highest BCUT2D eigenvalue weighted by molar-refractivity contribution is 8.13. The highest BCUT2D eigenvalue weighted by Crippen LogP contribution is 2.23. The third-order valence-corrected chi connectivity index (χ3v) is 4.25. The number of carbonyl (C=O) groups is 2. The van der Waals surface area contributed by atoms with Crippen LogP contribution in [0, 0.1) is 5.92 Å². The summed E-state index contributed by atoms with van der Waals surface area (Å²) in [5, 5.41) is 0.556. The topological polar surface area (TPSA) is 50.3 Å². The number of pyridine rings is 1. The molecule has 1 amide bonds. The molecule has 1 fully saturated rings. The van der Waals surface area contributed by atoms with Crippen LogP contribution in [0.5, 0.6) is 0 Å². The van der Waals surface area contributed by atoms with Gasteiger partial charge in [0.15, 0.2) is 5.12 Å². The molecule has 1 aliphatic heterocycles. The van der Waals surface area contributed by atoms with Crippen LogP contribution < -0.4 is 0 Å². The van der Waals surface area contributed by atoms with Crippen molar-refractivity contribution in [1.82, 2.24) is 9.88 Å². The van der Waals surface area contributed by atoms with Gasteiger partial charge in [0, 0.05) is 38.4 Å². The van der Waals surface area contributed by atoms with Gasteiger partial charge < -0.3 is 4.90 Å². The van der Waals surface area contributed by atoms with E-state index >= 15 is 0 Å². The van der Waals surface area contributed by atoms with E-state index in [0.717, 1.165) is 11.3 Å². The van der Waals surface area contributed by atoms with Crippen molar-refractivity contribution in [1.29, 1.82) is 0 Å². The maximum atomic E-state index is 11.9. The molecule has 0 aromatic carbocycles. The lowest BCUT2D eigenvalue weighted by Gasteiger charge is -2.16. The molecule has 1 saturated heterocycles. The number of aromatic nitrogens is 1. The molecule has 1 unspecified atom stereocenters. The Hall–Kier alpha value is -1.07. The lowest BCUT2D eigenvalue weighted by atomic mass is 10.1. The molecule has 0 N–H and O–H groups in total. The molecule has 2 rings (SSSR count). The summed E-state index contributed by atoms with van der Waals surface area (Å²) >= 11 is 7.02. The third kappa shape index (κ3) is 4.21. The molecule has 1 aromatic rings. The molecule has 102 valence electrons. The van der Waals surface area contributed by atoms with Gasteiger partial charge in [-0.1, -0.05) is 29.4 Å². The minimum atomic E-state index is 0.104. The summed E-state index contributed by atoms with van der Waals surface area (Å²) in [7, 11) is 0. The summed E-state index contributed by atoms with van der Waals surface area (Å²) in [5.41, 5.74) is 0.970. The lowest BCUT2D eigenvalue weighted by molar-refractivity contribution is -0.128. The predicted molar refractivity (Wildman–Crippen MR) is 75.9 cm³/mol. The SMILES string of the molecule is CC(=O)SCC1CC(=O)N(Cc2ccc(Cl)nc2)C1. The zero-order chi connectivity index (χ0) is 13.8. The van der Waals surface area contributed by atoms with E-state index in [1.165, 1.54) is 11.8 Å². The summed E-state index contributed by atoms with van der Waals surface area (Å²) in [5.74, 6) is 1.13. The van der Waals surface area contributed by atoms with Crippen LogP contribution in [0.2, 0.25) is 5.15 Å². The van der Waals surface area contributed by atoms with Crippen LogP contribution in [0.3, 0.4) is 0 Å². The summed E-state index contributed by atoms with van der Waals surface area (Å²) in [6, 6.07) is 3.60. The van der Waals surface area contributed by atoms with E-state index < -0.39 is 0 Å². The Morgan fingerprint density at radius 2 is 2.37 bits per heavy atom. The van der Waals surface area contributed by atoms with Crippen molar-refractivity contribution in [2.24, 2.45) is 5.92 Å². The molecular formula is C13H15ClN2O2S. The zero-order valence-corrected chi connectivity index (χ0v) is 12.2. The minimum Gasteiger partial charge on any atom is -0.338 e. The van der Waals surface area contributed by atoms with Gasteiger partial charge in [-0.2, -0.15) is 0 Å². The number of nitrogens with zero attached hydrogens (tertiary/aromatic N) is 2. The van der Waals surface area contributed by atoms with Crippen LogP contribution in [0.25, 0.3) is 0 Å². The predicted octanol–water partition coefficient (Wildman–Crippen LogP) is 2.36. The average molecular weight is 299 g/mol. The Morgan fingerprint density at radius 1 is 1.58 bits per heavy atom. The quantitative estimate of drug-likeness (QED) is 0.801. The second-order valence-electron chi connectivity index (χ2n) is 4.64. The summed E-state index contributed by atoms with van der Waals surface area (Å²) in [6.45, 7) is 2.82. The number of likely N-dealkylation sites (tertiary alicyclic amines) is 1. The van der Waals surface area contributed by atoms with Gasteiger partial charge in [0.1, 0.15) is 5.15 Å². The van der Waals surface area contributed by atoms with E-state index in [1.54, 1.807) is 19.2 Å². The maximum absolute atomic E-state index is 11.9. The number of rotatable bonds is 4. The second-order valence-corrected chi connectivity index (χ2v) is 6.22. The Balaban J connectivity index is 1.89. The summed E-state index contributed by atoms with van der Waals surface area (Å²) in [6.07, 6.45) is 2.22. The fourth-order valence-electron chi connectivity index (χ4n) is 2.07. The van der Waals surface area contributed by atoms with Gasteiger partial charge in [-0.25, -0.2) is 4.98 Å². The monoisotopic (exact) mass is 298 g/mol. The van der Waals surface area contributed by atoms with Gasteiger partial charge in [-0.15, -0.1) is 0 Å². The van der Waals surface area contributed by atoms with Crippen molar-refractivity contribution >= 4 is 34.4 Å². The van der Waals surface area contributed by atoms with E-state index in [2.05, 4.69) is 4.98 Å². The molecule has 0 saturated carbocycles. The minimum absolute atomic E-state index is 0.104. The molecular weight excluding hydrogens is 284 g/mol. The first-order valence-corrected chi connectivity index (χ1v) is 7.42. The van der Waals surface area contributed by atoms with Crippen LogP contribution in [-0.2, 0) is 16.1 Å². The van der Waals surface area contributed by atoms with Gasteiger partial charge in [0.2, 0.25) is 5.91 Å². The van der Waals surface area contributed by atoms with Gasteiger partial charge in [-0.3, -0.25) is 9.59 Å². The molecule has 2 heterocycles. The first-order chi connectivity index (χ1) is 9.04. The largest absolute Gasteiger partial charge is 0.338 e. The smallest absolute Gasteiger partial charge is 0.223 e. The molecule has 1 aromatic heterocycles. The summed E-state index contributed by atoms with van der Waals surface area (Å²) < 4.78 is 0. The van der Waals surface area contributed by atoms with E-state index in [9.17, 15) is 9.59 Å². The van der Waals surface area contributed by atoms with Crippen molar-refractivity contribution in [2.75, 3.05) is 12.3 Å². The normalized spacial score (nSPS) is 18.9. The van der Waals surface area contributed by atoms with E-state index in [0.29, 0.717) is 24.7 Å². The molecule has 0 aliphatic carbocycles. The van der Waals surface area contributed by atoms with Gasteiger partial charge >= 0.3 is 0 Å². The Kier molecular flexibility index (Phi) is 4.82. The first-order valence-electron chi connectivity index (χ1n) is 6.06. The maximum Gasteiger partial charge on any atom is 0.223 e. The van der Waals surface area contributed by atoms with Crippen LogP contribution in [-0.4, -0.2) is 33.2 Å². The number of hydrogen-bond donors (Lipinski definition) is 0. The Labute approximate surface area is 121 Å². The molecule has 6 heteroatoms. The third-order valence-electron chi connectivity index (χ3n) is 2.98. The highest BCUT2D eigenvalue weighted by atomic mass is 35.5. The number of hydrogen-bond acceptors (Lipinski definition) is 4. The first kappa shape index (κ1) is 14.3. The second kappa shape index (κ2) is 6.39. The van der Waals surface area contributed by atoms with Crippen molar-refractivity contribution in [3.05, 3.63) is 29.0 Å². The van der Waals surface area contributed by atoms with Crippen LogP contribution in [0.1, 0.15) is 18.9 Å². The molecule has 1 atom stereocenters. The van der Waals surface area contributed by atoms with E-state index in [1.807, 2.05) is 11.0 Å². The van der Waals surface area contributed by atoms with Crippen molar-refractivity contribution in [3.63, 3.8) is 0 Å². The molecule has 4 nitrogen and oxygen atoms in total. The van der Waals surface area contributed by atoms with Crippen LogP contribution >= 0.6 is 23.4 Å². The van der Waals surface area contributed by atoms with E-state index in [4.69, 9.17) is 11.6 Å². The molecule has 1 aliphatic rings. The summed E-state index contributed by atoms with van der Waals surface area (Å²) in [4.78, 5) is 28.6. The van der Waals surface area contributed by atoms with E-state index in [-0.39, 0.29) is 16.9 Å². The van der Waals surface area contributed by atoms with Crippen molar-refractivity contribution in [3.8, 4) is 0 Å². The highest BCUT2D eigenvalue weighted by Gasteiger charge is 2.29. The molecule has 0 spiro atoms. The standard InChI is InChI=1S/C13H15ClN2O2S/c1-9(17)19-8-11-4-13(18)16(7-11)6-10-2-3-12(14)15-5-10/h2-3,5,11H,4,6-8H2,1H3.